The molecule has 0 spiro atoms. The maximum absolute atomic E-state index is 12.3. The molecule has 0 aromatic heterocycles. The van der Waals surface area contributed by atoms with Crippen molar-refractivity contribution in [2.24, 2.45) is 4.99 Å². The second kappa shape index (κ2) is 11.5. The van der Waals surface area contributed by atoms with Gasteiger partial charge in [-0.05, 0) is 37.5 Å². The van der Waals surface area contributed by atoms with Gasteiger partial charge in [0.15, 0.2) is 15.8 Å². The summed E-state index contributed by atoms with van der Waals surface area (Å²) >= 11 is 0. The van der Waals surface area contributed by atoms with Crippen molar-refractivity contribution in [3.8, 4) is 5.75 Å². The van der Waals surface area contributed by atoms with Gasteiger partial charge in [-0.1, -0.05) is 42.5 Å². The summed E-state index contributed by atoms with van der Waals surface area (Å²) in [5, 5.41) is 6.40. The summed E-state index contributed by atoms with van der Waals surface area (Å²) in [6.07, 6.45) is 0.521. The topological polar surface area (TPSA) is 79.8 Å². The number of ether oxygens (including phenoxy) is 1. The molecule has 2 aromatic rings. The van der Waals surface area contributed by atoms with Crippen LogP contribution in [0.2, 0.25) is 0 Å². The normalized spacial score (nSPS) is 11.9. The van der Waals surface area contributed by atoms with E-state index in [0.29, 0.717) is 25.5 Å². The predicted molar refractivity (Wildman–Crippen MR) is 119 cm³/mol. The molecule has 0 atom stereocenters. The lowest BCUT2D eigenvalue weighted by Gasteiger charge is -2.12. The Morgan fingerprint density at radius 2 is 1.86 bits per heavy atom. The van der Waals surface area contributed by atoms with Gasteiger partial charge in [-0.25, -0.2) is 13.4 Å². The average molecular weight is 418 g/mol. The molecule has 0 heterocycles. The van der Waals surface area contributed by atoms with Crippen molar-refractivity contribution in [3.63, 3.8) is 0 Å². The van der Waals surface area contributed by atoms with Gasteiger partial charge in [0.05, 0.1) is 25.2 Å². The lowest BCUT2D eigenvalue weighted by atomic mass is 10.1. The van der Waals surface area contributed by atoms with Crippen LogP contribution >= 0.6 is 0 Å². The van der Waals surface area contributed by atoms with Crippen LogP contribution in [0.3, 0.4) is 0 Å². The van der Waals surface area contributed by atoms with Crippen LogP contribution in [0.4, 0.5) is 0 Å². The molecule has 0 amide bonds. The van der Waals surface area contributed by atoms with E-state index in [1.54, 1.807) is 7.11 Å². The molecular weight excluding hydrogens is 386 g/mol. The minimum atomic E-state index is -3.13. The lowest BCUT2D eigenvalue weighted by Crippen LogP contribution is -2.38. The Morgan fingerprint density at radius 1 is 1.10 bits per heavy atom. The minimum Gasteiger partial charge on any atom is -0.496 e. The molecule has 158 valence electrons. The van der Waals surface area contributed by atoms with Gasteiger partial charge in [0.2, 0.25) is 0 Å². The van der Waals surface area contributed by atoms with Crippen molar-refractivity contribution in [3.05, 3.63) is 65.2 Å². The molecule has 0 unspecified atom stereocenters. The third-order valence-corrected chi connectivity index (χ3v) is 6.03. The molecule has 7 heteroatoms. The highest BCUT2D eigenvalue weighted by molar-refractivity contribution is 7.90. The second-order valence-corrected chi connectivity index (χ2v) is 9.05. The van der Waals surface area contributed by atoms with Crippen LogP contribution < -0.4 is 15.4 Å². The number of nitrogens with zero attached hydrogens (tertiary/aromatic N) is 1. The molecule has 0 saturated carbocycles. The Labute approximate surface area is 174 Å². The van der Waals surface area contributed by atoms with Crippen molar-refractivity contribution < 1.29 is 13.2 Å². The van der Waals surface area contributed by atoms with Gasteiger partial charge in [-0.3, -0.25) is 0 Å². The smallest absolute Gasteiger partial charge is 0.191 e. The first-order valence-electron chi connectivity index (χ1n) is 9.83. The summed E-state index contributed by atoms with van der Waals surface area (Å²) in [6, 6.07) is 15.3. The van der Waals surface area contributed by atoms with Crippen molar-refractivity contribution in [2.75, 3.05) is 26.0 Å². The van der Waals surface area contributed by atoms with Crippen LogP contribution in [-0.4, -0.2) is 40.3 Å². The first-order valence-corrected chi connectivity index (χ1v) is 11.7. The Hall–Kier alpha value is -2.54. The van der Waals surface area contributed by atoms with Crippen LogP contribution in [-0.2, 0) is 22.1 Å². The van der Waals surface area contributed by atoms with Crippen LogP contribution in [0.1, 0.15) is 30.0 Å². The lowest BCUT2D eigenvalue weighted by molar-refractivity contribution is 0.409. The van der Waals surface area contributed by atoms with Gasteiger partial charge < -0.3 is 15.4 Å². The number of nitrogens with one attached hydrogen (secondary N) is 2. The van der Waals surface area contributed by atoms with E-state index < -0.39 is 9.84 Å². The van der Waals surface area contributed by atoms with Crippen molar-refractivity contribution in [1.82, 2.24) is 10.6 Å². The molecule has 0 saturated heterocycles. The largest absolute Gasteiger partial charge is 0.496 e. The number of benzene rings is 2. The molecule has 2 aromatic carbocycles. The summed E-state index contributed by atoms with van der Waals surface area (Å²) < 4.78 is 30.0. The number of hydrogen-bond donors (Lipinski definition) is 2. The monoisotopic (exact) mass is 417 g/mol. The van der Waals surface area contributed by atoms with Crippen LogP contribution in [0.25, 0.3) is 0 Å². The highest BCUT2D eigenvalue weighted by Crippen LogP contribution is 2.20. The second-order valence-electron chi connectivity index (χ2n) is 6.87. The number of aryl methyl sites for hydroxylation is 1. The molecule has 0 aliphatic rings. The Balaban J connectivity index is 1.86. The fourth-order valence-corrected chi connectivity index (χ4v) is 4.32. The van der Waals surface area contributed by atoms with Gasteiger partial charge in [0.1, 0.15) is 5.75 Å². The third kappa shape index (κ3) is 8.15. The van der Waals surface area contributed by atoms with E-state index in [4.69, 9.17) is 4.74 Å². The first kappa shape index (κ1) is 22.7. The maximum atomic E-state index is 12.3. The van der Waals surface area contributed by atoms with Gasteiger partial charge in [0, 0.05) is 18.7 Å². The van der Waals surface area contributed by atoms with Gasteiger partial charge in [0.25, 0.3) is 0 Å². The van der Waals surface area contributed by atoms with Gasteiger partial charge >= 0.3 is 0 Å². The number of aliphatic imine (C=N–C) groups is 1. The van der Waals surface area contributed by atoms with Crippen molar-refractivity contribution in [2.45, 2.75) is 32.6 Å². The summed E-state index contributed by atoms with van der Waals surface area (Å²) in [5.74, 6) is 1.70. The summed E-state index contributed by atoms with van der Waals surface area (Å²) in [5.41, 5.74) is 2.96. The number of guanidine groups is 1. The van der Waals surface area contributed by atoms with E-state index in [-0.39, 0.29) is 11.5 Å². The van der Waals surface area contributed by atoms with E-state index in [9.17, 15) is 8.42 Å². The predicted octanol–water partition coefficient (Wildman–Crippen LogP) is 3.06. The summed E-state index contributed by atoms with van der Waals surface area (Å²) in [7, 11) is -1.48. The quantitative estimate of drug-likeness (QED) is 0.353. The highest BCUT2D eigenvalue weighted by Gasteiger charge is 2.11. The molecule has 2 N–H and O–H groups in total. The fourth-order valence-electron chi connectivity index (χ4n) is 2.89. The van der Waals surface area contributed by atoms with Gasteiger partial charge in [-0.15, -0.1) is 0 Å². The van der Waals surface area contributed by atoms with E-state index in [1.807, 2.05) is 62.4 Å². The molecule has 0 bridgehead atoms. The zero-order chi connectivity index (χ0) is 21.1. The van der Waals surface area contributed by atoms with Crippen molar-refractivity contribution >= 4 is 15.8 Å². The summed E-state index contributed by atoms with van der Waals surface area (Å²) in [6.45, 7) is 5.75. The zero-order valence-corrected chi connectivity index (χ0v) is 18.3. The van der Waals surface area contributed by atoms with E-state index in [0.717, 1.165) is 29.0 Å². The van der Waals surface area contributed by atoms with E-state index in [1.165, 1.54) is 0 Å². The molecule has 0 aliphatic heterocycles. The molecule has 0 fully saturated rings. The number of sulfone groups is 1. The number of rotatable bonds is 10. The fraction of sp³-hybridized carbons (Fsp3) is 0.409. The standard InChI is InChI=1S/C22H31N3O3S/c1-4-23-22(25-16-20-12-11-18(2)15-21(20)28-3)24-13-8-14-29(26,27)17-19-9-6-5-7-10-19/h5-7,9-12,15H,4,8,13-14,16-17H2,1-3H3,(H2,23,24,25). The average Bonchev–Trinajstić information content (AvgIpc) is 2.70. The SMILES string of the molecule is CCNC(=NCc1ccc(C)cc1OC)NCCCS(=O)(=O)Cc1ccccc1. The minimum absolute atomic E-state index is 0.0786. The third-order valence-electron chi connectivity index (χ3n) is 4.35. The Bertz CT molecular complexity index is 897. The zero-order valence-electron chi connectivity index (χ0n) is 17.4. The van der Waals surface area contributed by atoms with Crippen LogP contribution in [0.15, 0.2) is 53.5 Å². The number of hydrogen-bond acceptors (Lipinski definition) is 4. The maximum Gasteiger partial charge on any atom is 0.191 e. The van der Waals surface area contributed by atoms with Crippen LogP contribution in [0, 0.1) is 6.92 Å². The molecule has 2 rings (SSSR count). The summed E-state index contributed by atoms with van der Waals surface area (Å²) in [4.78, 5) is 4.59. The molecule has 0 aliphatic carbocycles. The Morgan fingerprint density at radius 3 is 2.55 bits per heavy atom. The molecule has 6 nitrogen and oxygen atoms in total. The van der Waals surface area contributed by atoms with E-state index in [2.05, 4.69) is 15.6 Å². The Kier molecular flexibility index (Phi) is 8.99. The van der Waals surface area contributed by atoms with Crippen molar-refractivity contribution in [1.29, 1.82) is 0 Å². The molecular formula is C22H31N3O3S. The number of methoxy groups -OCH3 is 1. The first-order chi connectivity index (χ1) is 13.9. The van der Waals surface area contributed by atoms with Gasteiger partial charge in [-0.2, -0.15) is 0 Å². The molecule has 29 heavy (non-hydrogen) atoms. The van der Waals surface area contributed by atoms with E-state index >= 15 is 0 Å². The highest BCUT2D eigenvalue weighted by atomic mass is 32.2. The van der Waals surface area contributed by atoms with Crippen LogP contribution in [0.5, 0.6) is 5.75 Å². The molecule has 0 radical (unpaired) electrons.